The predicted octanol–water partition coefficient (Wildman–Crippen LogP) is 4.55. The van der Waals surface area contributed by atoms with Gasteiger partial charge in [0, 0.05) is 0 Å². The summed E-state index contributed by atoms with van der Waals surface area (Å²) in [4.78, 5) is 43.7. The molecule has 0 N–H and O–H groups in total. The fraction of sp³-hybridized carbons (Fsp3) is 0.212. The van der Waals surface area contributed by atoms with Crippen molar-refractivity contribution in [3.8, 4) is 5.75 Å². The van der Waals surface area contributed by atoms with E-state index in [1.807, 2.05) is 79.7 Å². The van der Waals surface area contributed by atoms with Crippen LogP contribution < -0.4 is 19.6 Å². The second-order valence-corrected chi connectivity index (χ2v) is 10.5. The molecule has 8 nitrogen and oxygen atoms in total. The molecule has 0 saturated carbocycles. The molecule has 0 bridgehead atoms. The number of hydrogen-bond acceptors (Lipinski definition) is 8. The molecule has 0 amide bonds. The number of carbonyl (C=O) groups is 2. The molecule has 0 spiro atoms. The van der Waals surface area contributed by atoms with Crippen LogP contribution in [-0.4, -0.2) is 30.2 Å². The fourth-order valence-electron chi connectivity index (χ4n) is 4.74. The second-order valence-electron chi connectivity index (χ2n) is 9.47. The number of carbonyl (C=O) groups excluding carboxylic acids is 2. The van der Waals surface area contributed by atoms with Gasteiger partial charge in [-0.05, 0) is 60.4 Å². The SMILES string of the molecule is CCOC(=O)c1ccc(COc2ccc(/C=c3/sc4n(c3=O)[C@H](c3ccccc3)C(C(=O)OC)=C(CC)N=4)cc2)cc1. The zero-order valence-corrected chi connectivity index (χ0v) is 24.4. The van der Waals surface area contributed by atoms with Crippen molar-refractivity contribution in [1.29, 1.82) is 0 Å². The molecule has 1 aromatic heterocycles. The molecule has 2 heterocycles. The highest BCUT2D eigenvalue weighted by atomic mass is 32.1. The quantitative estimate of drug-likeness (QED) is 0.269. The van der Waals surface area contributed by atoms with Gasteiger partial charge in [-0.25, -0.2) is 14.6 Å². The Kier molecular flexibility index (Phi) is 8.78. The first-order valence-electron chi connectivity index (χ1n) is 13.6. The molecule has 0 radical (unpaired) electrons. The summed E-state index contributed by atoms with van der Waals surface area (Å²) in [6.07, 6.45) is 2.34. The Morgan fingerprint density at radius 2 is 1.67 bits per heavy atom. The van der Waals surface area contributed by atoms with E-state index in [0.29, 0.717) is 51.6 Å². The van der Waals surface area contributed by atoms with Gasteiger partial charge in [-0.3, -0.25) is 9.36 Å². The number of hydrogen-bond donors (Lipinski definition) is 0. The van der Waals surface area contributed by atoms with Crippen LogP contribution >= 0.6 is 11.3 Å². The van der Waals surface area contributed by atoms with Crippen molar-refractivity contribution in [2.75, 3.05) is 13.7 Å². The number of thiazole rings is 1. The molecule has 0 aliphatic carbocycles. The van der Waals surface area contributed by atoms with E-state index in [0.717, 1.165) is 16.7 Å². The van der Waals surface area contributed by atoms with Crippen LogP contribution in [-0.2, 0) is 20.9 Å². The van der Waals surface area contributed by atoms with Crippen LogP contribution in [0.1, 0.15) is 53.4 Å². The van der Waals surface area contributed by atoms with Crippen LogP contribution in [0.4, 0.5) is 0 Å². The van der Waals surface area contributed by atoms with Gasteiger partial charge in [-0.2, -0.15) is 0 Å². The maximum Gasteiger partial charge on any atom is 0.338 e. The first-order valence-corrected chi connectivity index (χ1v) is 14.4. The van der Waals surface area contributed by atoms with Crippen LogP contribution in [0.5, 0.6) is 5.75 Å². The molecule has 1 atom stereocenters. The van der Waals surface area contributed by atoms with Gasteiger partial charge in [0.2, 0.25) is 0 Å². The number of ether oxygens (including phenoxy) is 3. The van der Waals surface area contributed by atoms with E-state index in [9.17, 15) is 14.4 Å². The van der Waals surface area contributed by atoms with E-state index < -0.39 is 12.0 Å². The molecular weight excluding hydrogens is 552 g/mol. The number of esters is 2. The Morgan fingerprint density at radius 1 is 0.952 bits per heavy atom. The molecule has 0 unspecified atom stereocenters. The molecular formula is C33H30N2O6S. The number of rotatable bonds is 9. The largest absolute Gasteiger partial charge is 0.489 e. The molecule has 3 aromatic carbocycles. The smallest absolute Gasteiger partial charge is 0.338 e. The number of fused-ring (bicyclic) bond motifs is 1. The van der Waals surface area contributed by atoms with Gasteiger partial charge in [0.25, 0.3) is 5.56 Å². The van der Waals surface area contributed by atoms with Gasteiger partial charge in [-0.1, -0.05) is 72.9 Å². The highest BCUT2D eigenvalue weighted by Gasteiger charge is 2.33. The molecule has 1 aliphatic rings. The minimum atomic E-state index is -0.630. The average molecular weight is 583 g/mol. The molecule has 214 valence electrons. The summed E-state index contributed by atoms with van der Waals surface area (Å²) in [5.74, 6) is -0.176. The van der Waals surface area contributed by atoms with Crippen molar-refractivity contribution >= 4 is 29.4 Å². The fourth-order valence-corrected chi connectivity index (χ4v) is 5.76. The van der Waals surface area contributed by atoms with E-state index >= 15 is 0 Å². The summed E-state index contributed by atoms with van der Waals surface area (Å²) in [5, 5.41) is 0. The third kappa shape index (κ3) is 5.96. The third-order valence-electron chi connectivity index (χ3n) is 6.81. The Bertz CT molecular complexity index is 1800. The van der Waals surface area contributed by atoms with Gasteiger partial charge in [-0.15, -0.1) is 0 Å². The van der Waals surface area contributed by atoms with E-state index in [1.54, 1.807) is 23.6 Å². The van der Waals surface area contributed by atoms with Gasteiger partial charge in [0.15, 0.2) is 4.80 Å². The summed E-state index contributed by atoms with van der Waals surface area (Å²) >= 11 is 1.29. The normalized spacial score (nSPS) is 14.6. The van der Waals surface area contributed by atoms with Crippen molar-refractivity contribution in [2.45, 2.75) is 32.9 Å². The average Bonchev–Trinajstić information content (AvgIpc) is 3.34. The lowest BCUT2D eigenvalue weighted by Crippen LogP contribution is -2.40. The van der Waals surface area contributed by atoms with E-state index in [-0.39, 0.29) is 11.5 Å². The highest BCUT2D eigenvalue weighted by molar-refractivity contribution is 7.07. The first kappa shape index (κ1) is 28.8. The van der Waals surface area contributed by atoms with E-state index in [2.05, 4.69) is 0 Å². The monoisotopic (exact) mass is 582 g/mol. The Hall–Kier alpha value is -4.76. The second kappa shape index (κ2) is 12.8. The Balaban J connectivity index is 1.40. The minimum absolute atomic E-state index is 0.226. The Labute approximate surface area is 246 Å². The summed E-state index contributed by atoms with van der Waals surface area (Å²) in [7, 11) is 1.34. The topological polar surface area (TPSA) is 96.2 Å². The van der Waals surface area contributed by atoms with Crippen molar-refractivity contribution in [1.82, 2.24) is 4.57 Å². The van der Waals surface area contributed by atoms with Gasteiger partial charge < -0.3 is 14.2 Å². The molecule has 0 fully saturated rings. The molecule has 4 aromatic rings. The molecule has 1 aliphatic heterocycles. The van der Waals surface area contributed by atoms with Gasteiger partial charge in [0.1, 0.15) is 12.4 Å². The lowest BCUT2D eigenvalue weighted by molar-refractivity contribution is -0.136. The number of allylic oxidation sites excluding steroid dienone is 1. The minimum Gasteiger partial charge on any atom is -0.489 e. The summed E-state index contributed by atoms with van der Waals surface area (Å²) in [6.45, 7) is 4.37. The third-order valence-corrected chi connectivity index (χ3v) is 7.80. The summed E-state index contributed by atoms with van der Waals surface area (Å²) in [6, 6.07) is 23.4. The highest BCUT2D eigenvalue weighted by Crippen LogP contribution is 2.31. The van der Waals surface area contributed by atoms with Gasteiger partial charge >= 0.3 is 11.9 Å². The van der Waals surface area contributed by atoms with Gasteiger partial charge in [0.05, 0.1) is 41.1 Å². The lowest BCUT2D eigenvalue weighted by Gasteiger charge is -2.25. The van der Waals surface area contributed by atoms with E-state index in [4.69, 9.17) is 19.2 Å². The number of aromatic nitrogens is 1. The number of methoxy groups -OCH3 is 1. The molecule has 9 heteroatoms. The standard InChI is InChI=1S/C33H30N2O6S/c1-4-26-28(32(38)39-3)29(23-9-7-6-8-10-23)35-30(36)27(42-33(35)34-26)19-21-13-17-25(18-14-21)41-20-22-11-15-24(16-12-22)31(37)40-5-2/h6-19,29H,4-5,20H2,1-3H3/b27-19+/t29-/m1/s1. The van der Waals surface area contributed by atoms with Crippen molar-refractivity contribution in [3.63, 3.8) is 0 Å². The Morgan fingerprint density at radius 3 is 2.31 bits per heavy atom. The van der Waals surface area contributed by atoms with E-state index in [1.165, 1.54) is 18.4 Å². The zero-order chi connectivity index (χ0) is 29.6. The van der Waals surface area contributed by atoms with Crippen LogP contribution in [0, 0.1) is 0 Å². The predicted molar refractivity (Wildman–Crippen MR) is 160 cm³/mol. The number of nitrogens with zero attached hydrogens (tertiary/aromatic N) is 2. The van der Waals surface area contributed by atoms with Crippen LogP contribution in [0.25, 0.3) is 6.08 Å². The van der Waals surface area contributed by atoms with Crippen molar-refractivity contribution < 1.29 is 23.8 Å². The first-order chi connectivity index (χ1) is 20.4. The molecule has 5 rings (SSSR count). The maximum absolute atomic E-state index is 13.7. The lowest BCUT2D eigenvalue weighted by atomic mass is 9.95. The van der Waals surface area contributed by atoms with Crippen LogP contribution in [0.3, 0.4) is 0 Å². The molecule has 0 saturated heterocycles. The maximum atomic E-state index is 13.7. The summed E-state index contributed by atoms with van der Waals surface area (Å²) < 4.78 is 18.1. The summed E-state index contributed by atoms with van der Waals surface area (Å²) in [5.41, 5.74) is 3.81. The number of benzene rings is 3. The van der Waals surface area contributed by atoms with Crippen molar-refractivity contribution in [2.24, 2.45) is 4.99 Å². The van der Waals surface area contributed by atoms with Crippen LogP contribution in [0.2, 0.25) is 0 Å². The van der Waals surface area contributed by atoms with Crippen LogP contribution in [0.15, 0.2) is 99.9 Å². The van der Waals surface area contributed by atoms with Crippen molar-refractivity contribution in [3.05, 3.63) is 132 Å². The zero-order valence-electron chi connectivity index (χ0n) is 23.5. The molecule has 42 heavy (non-hydrogen) atoms.